The van der Waals surface area contributed by atoms with E-state index in [9.17, 15) is 9.59 Å². The van der Waals surface area contributed by atoms with Gasteiger partial charge in [0.05, 0.1) is 5.75 Å². The molecule has 0 aliphatic carbocycles. The highest BCUT2D eigenvalue weighted by atomic mass is 32.2. The molecule has 1 aromatic heterocycles. The summed E-state index contributed by atoms with van der Waals surface area (Å²) < 4.78 is 1.89. The average Bonchev–Trinajstić information content (AvgIpc) is 3.28. The number of nitrogens with zero attached hydrogens (tertiary/aromatic N) is 2. The van der Waals surface area contributed by atoms with Gasteiger partial charge in [0, 0.05) is 34.9 Å². The van der Waals surface area contributed by atoms with Gasteiger partial charge >= 0.3 is 0 Å². The summed E-state index contributed by atoms with van der Waals surface area (Å²) in [4.78, 5) is 29.8. The molecule has 0 unspecified atom stereocenters. The number of benzene rings is 3. The van der Waals surface area contributed by atoms with Crippen molar-refractivity contribution in [2.75, 3.05) is 11.1 Å². The molecular formula is C26H23N3O2S. The number of imidazole rings is 1. The highest BCUT2D eigenvalue weighted by Gasteiger charge is 2.14. The Morgan fingerprint density at radius 2 is 1.78 bits per heavy atom. The van der Waals surface area contributed by atoms with Crippen LogP contribution in [0.15, 0.2) is 90.3 Å². The Bertz CT molecular complexity index is 1270. The van der Waals surface area contributed by atoms with Crippen LogP contribution >= 0.6 is 11.8 Å². The van der Waals surface area contributed by atoms with Crippen molar-refractivity contribution in [2.24, 2.45) is 0 Å². The molecule has 6 heteroatoms. The maximum atomic E-state index is 12.8. The molecule has 32 heavy (non-hydrogen) atoms. The standard InChI is InChI=1S/C26H23N3O2S/c1-18-11-12-19(2)23(15-18)24(30)17-32-26-27-13-14-29(26)22-10-6-7-20(16-22)25(31)28-21-8-4-3-5-9-21/h3-16H,17H2,1-2H3,(H,28,31). The van der Waals surface area contributed by atoms with E-state index in [0.29, 0.717) is 10.7 Å². The van der Waals surface area contributed by atoms with Gasteiger partial charge in [0.15, 0.2) is 10.9 Å². The minimum absolute atomic E-state index is 0.0711. The molecule has 160 valence electrons. The molecule has 1 amide bonds. The second-order valence-corrected chi connectivity index (χ2v) is 8.42. The van der Waals surface area contributed by atoms with Gasteiger partial charge in [0.25, 0.3) is 5.91 Å². The van der Waals surface area contributed by atoms with Gasteiger partial charge in [-0.3, -0.25) is 14.2 Å². The molecule has 0 bridgehead atoms. The molecule has 0 saturated heterocycles. The van der Waals surface area contributed by atoms with Gasteiger partial charge in [-0.25, -0.2) is 4.98 Å². The molecule has 0 fully saturated rings. The number of hydrogen-bond acceptors (Lipinski definition) is 4. The molecule has 3 aromatic carbocycles. The van der Waals surface area contributed by atoms with Crippen LogP contribution in [0.5, 0.6) is 0 Å². The summed E-state index contributed by atoms with van der Waals surface area (Å²) in [6, 6.07) is 22.6. The van der Waals surface area contributed by atoms with Crippen molar-refractivity contribution in [3.63, 3.8) is 0 Å². The van der Waals surface area contributed by atoms with Crippen molar-refractivity contribution in [1.82, 2.24) is 9.55 Å². The maximum Gasteiger partial charge on any atom is 0.255 e. The van der Waals surface area contributed by atoms with Crippen LogP contribution in [0.25, 0.3) is 5.69 Å². The van der Waals surface area contributed by atoms with E-state index in [1.165, 1.54) is 11.8 Å². The first-order valence-corrected chi connectivity index (χ1v) is 11.2. The van der Waals surface area contributed by atoms with Crippen LogP contribution in [0.4, 0.5) is 5.69 Å². The van der Waals surface area contributed by atoms with E-state index in [1.54, 1.807) is 12.3 Å². The van der Waals surface area contributed by atoms with Gasteiger partial charge in [-0.15, -0.1) is 0 Å². The van der Waals surface area contributed by atoms with Gasteiger partial charge in [0.1, 0.15) is 0 Å². The Labute approximate surface area is 191 Å². The predicted molar refractivity (Wildman–Crippen MR) is 129 cm³/mol. The molecule has 1 N–H and O–H groups in total. The molecule has 0 saturated carbocycles. The maximum absolute atomic E-state index is 12.8. The fraction of sp³-hybridized carbons (Fsp3) is 0.115. The van der Waals surface area contributed by atoms with Crippen molar-refractivity contribution < 1.29 is 9.59 Å². The molecule has 0 spiro atoms. The second-order valence-electron chi connectivity index (χ2n) is 7.48. The highest BCUT2D eigenvalue weighted by Crippen LogP contribution is 2.23. The Morgan fingerprint density at radius 3 is 2.59 bits per heavy atom. The summed E-state index contributed by atoms with van der Waals surface area (Å²) in [6.07, 6.45) is 3.53. The van der Waals surface area contributed by atoms with Crippen LogP contribution in [0.3, 0.4) is 0 Å². The van der Waals surface area contributed by atoms with E-state index >= 15 is 0 Å². The number of hydrogen-bond donors (Lipinski definition) is 1. The summed E-state index contributed by atoms with van der Waals surface area (Å²) in [7, 11) is 0. The van der Waals surface area contributed by atoms with Crippen LogP contribution in [-0.2, 0) is 0 Å². The first-order valence-electron chi connectivity index (χ1n) is 10.2. The summed E-state index contributed by atoms with van der Waals surface area (Å²) in [6.45, 7) is 3.93. The lowest BCUT2D eigenvalue weighted by Gasteiger charge is -2.10. The van der Waals surface area contributed by atoms with Gasteiger partial charge in [-0.05, 0) is 55.8 Å². The van der Waals surface area contributed by atoms with E-state index in [4.69, 9.17) is 0 Å². The molecule has 0 aliphatic heterocycles. The zero-order chi connectivity index (χ0) is 22.5. The van der Waals surface area contributed by atoms with Crippen molar-refractivity contribution in [1.29, 1.82) is 0 Å². The Morgan fingerprint density at radius 1 is 0.969 bits per heavy atom. The monoisotopic (exact) mass is 441 g/mol. The Hall–Kier alpha value is -3.64. The molecular weight excluding hydrogens is 418 g/mol. The topological polar surface area (TPSA) is 64.0 Å². The lowest BCUT2D eigenvalue weighted by atomic mass is 10.0. The number of para-hydroxylation sites is 1. The number of anilines is 1. The Kier molecular flexibility index (Phi) is 6.52. The minimum atomic E-state index is -0.183. The molecule has 4 rings (SSSR count). The molecule has 5 nitrogen and oxygen atoms in total. The zero-order valence-corrected chi connectivity index (χ0v) is 18.7. The molecule has 0 aliphatic rings. The fourth-order valence-electron chi connectivity index (χ4n) is 3.36. The van der Waals surface area contributed by atoms with Gasteiger partial charge in [-0.1, -0.05) is 53.7 Å². The highest BCUT2D eigenvalue weighted by molar-refractivity contribution is 7.99. The quantitative estimate of drug-likeness (QED) is 0.294. The number of nitrogens with one attached hydrogen (secondary N) is 1. The summed E-state index contributed by atoms with van der Waals surface area (Å²) >= 11 is 1.38. The van der Waals surface area contributed by atoms with E-state index in [1.807, 2.05) is 91.3 Å². The predicted octanol–water partition coefficient (Wildman–Crippen LogP) is 5.72. The number of carbonyl (C=O) groups is 2. The summed E-state index contributed by atoms with van der Waals surface area (Å²) in [5.41, 5.74) is 4.88. The van der Waals surface area contributed by atoms with Gasteiger partial charge < -0.3 is 5.32 Å². The Balaban J connectivity index is 1.49. The largest absolute Gasteiger partial charge is 0.322 e. The average molecular weight is 442 g/mol. The molecule has 4 aromatic rings. The summed E-state index contributed by atoms with van der Waals surface area (Å²) in [5, 5.41) is 3.60. The number of carbonyl (C=O) groups excluding carboxylic acids is 2. The normalized spacial score (nSPS) is 10.7. The van der Waals surface area contributed by atoms with Crippen molar-refractivity contribution in [3.05, 3.63) is 107 Å². The molecule has 0 radical (unpaired) electrons. The minimum Gasteiger partial charge on any atom is -0.322 e. The number of Topliss-reactive ketones (excluding diaryl/α,β-unsaturated/α-hetero) is 1. The fourth-order valence-corrected chi connectivity index (χ4v) is 4.22. The van der Waals surface area contributed by atoms with E-state index in [0.717, 1.165) is 28.1 Å². The van der Waals surface area contributed by atoms with Gasteiger partial charge in [-0.2, -0.15) is 0 Å². The lowest BCUT2D eigenvalue weighted by molar-refractivity contribution is 0.101. The van der Waals surface area contributed by atoms with Gasteiger partial charge in [0.2, 0.25) is 0 Å². The number of aryl methyl sites for hydroxylation is 2. The van der Waals surface area contributed by atoms with Crippen molar-refractivity contribution in [3.8, 4) is 5.69 Å². The third kappa shape index (κ3) is 4.98. The molecule has 1 heterocycles. The third-order valence-corrected chi connectivity index (χ3v) is 6.02. The second kappa shape index (κ2) is 9.66. The van der Waals surface area contributed by atoms with Crippen LogP contribution in [-0.4, -0.2) is 27.0 Å². The number of aromatic nitrogens is 2. The summed E-state index contributed by atoms with van der Waals surface area (Å²) in [5.74, 6) is 0.175. The van der Waals surface area contributed by atoms with E-state index in [2.05, 4.69) is 10.3 Å². The van der Waals surface area contributed by atoms with Crippen LogP contribution in [0, 0.1) is 13.8 Å². The zero-order valence-electron chi connectivity index (χ0n) is 17.9. The smallest absolute Gasteiger partial charge is 0.255 e. The van der Waals surface area contributed by atoms with Crippen LogP contribution in [0.2, 0.25) is 0 Å². The van der Waals surface area contributed by atoms with Crippen LogP contribution in [0.1, 0.15) is 31.8 Å². The third-order valence-electron chi connectivity index (χ3n) is 5.05. The molecule has 0 atom stereocenters. The van der Waals surface area contributed by atoms with Crippen molar-refractivity contribution >= 4 is 29.1 Å². The number of thioether (sulfide) groups is 1. The lowest BCUT2D eigenvalue weighted by Crippen LogP contribution is -2.12. The first-order chi connectivity index (χ1) is 15.5. The number of ketones is 1. The first kappa shape index (κ1) is 21.6. The number of rotatable bonds is 7. The van der Waals surface area contributed by atoms with E-state index < -0.39 is 0 Å². The number of amides is 1. The van der Waals surface area contributed by atoms with Crippen molar-refractivity contribution in [2.45, 2.75) is 19.0 Å². The van der Waals surface area contributed by atoms with E-state index in [-0.39, 0.29) is 17.4 Å². The SMILES string of the molecule is Cc1ccc(C)c(C(=O)CSc2nccn2-c2cccc(C(=O)Nc3ccccc3)c2)c1. The van der Waals surface area contributed by atoms with Crippen LogP contribution < -0.4 is 5.32 Å².